The maximum Gasteiger partial charge on any atom is 0.251 e. The second kappa shape index (κ2) is 9.31. The van der Waals surface area contributed by atoms with E-state index >= 15 is 0 Å². The number of nitrogens with zero attached hydrogens (tertiary/aromatic N) is 1. The monoisotopic (exact) mass is 355 g/mol. The molecule has 0 unspecified atom stereocenters. The van der Waals surface area contributed by atoms with E-state index in [4.69, 9.17) is 4.74 Å². The first-order chi connectivity index (χ1) is 12.7. The molecule has 3 rings (SSSR count). The molecule has 0 aliphatic carbocycles. The van der Waals surface area contributed by atoms with E-state index in [2.05, 4.69) is 15.5 Å². The first-order valence-electron chi connectivity index (χ1n) is 9.06. The lowest BCUT2D eigenvalue weighted by atomic mass is 10.1. The van der Waals surface area contributed by atoms with Gasteiger partial charge in [0.1, 0.15) is 0 Å². The fraction of sp³-hybridized carbons (Fsp3) is 0.400. The van der Waals surface area contributed by atoms with Crippen molar-refractivity contribution in [3.63, 3.8) is 0 Å². The molecule has 0 saturated carbocycles. The lowest BCUT2D eigenvalue weighted by Crippen LogP contribution is -2.41. The smallest absolute Gasteiger partial charge is 0.251 e. The Morgan fingerprint density at radius 3 is 2.54 bits per heavy atom. The molecule has 0 spiro atoms. The first-order valence-corrected chi connectivity index (χ1v) is 9.06. The summed E-state index contributed by atoms with van der Waals surface area (Å²) in [5.74, 6) is -0.200. The fourth-order valence-corrected chi connectivity index (χ4v) is 2.99. The first kappa shape index (κ1) is 18.4. The lowest BCUT2D eigenvalue weighted by Gasteiger charge is -2.26. The van der Waals surface area contributed by atoms with Gasteiger partial charge in [-0.1, -0.05) is 30.3 Å². The van der Waals surface area contributed by atoms with Gasteiger partial charge >= 0.3 is 0 Å². The molecule has 1 aliphatic rings. The van der Waals surface area contributed by atoms with Gasteiger partial charge in [0.15, 0.2) is 0 Å². The number of nitrogens with one attached hydrogen (secondary N) is 2. The van der Waals surface area contributed by atoms with Gasteiger partial charge in [-0.15, -0.1) is 0 Å². The molecule has 138 valence electrons. The Hall–Kier alpha value is -2.44. The summed E-state index contributed by atoms with van der Waals surface area (Å²) in [5, 5.41) is 7.83. The second-order valence-corrected chi connectivity index (χ2v) is 6.37. The van der Waals surface area contributed by atoms with Crippen molar-refractivity contribution in [3.8, 4) is 0 Å². The van der Waals surface area contributed by atoms with Crippen LogP contribution in [0.15, 0.2) is 42.5 Å². The van der Waals surface area contributed by atoms with Crippen LogP contribution < -0.4 is 10.6 Å². The molecule has 2 N–H and O–H groups in total. The molecule has 1 saturated heterocycles. The maximum absolute atomic E-state index is 12.2. The van der Waals surface area contributed by atoms with Crippen molar-refractivity contribution in [2.45, 2.75) is 6.42 Å². The van der Waals surface area contributed by atoms with Gasteiger partial charge in [0.25, 0.3) is 5.91 Å². The molecular weight excluding hydrogens is 330 g/mol. The van der Waals surface area contributed by atoms with E-state index in [1.807, 2.05) is 36.4 Å². The molecule has 6 heteroatoms. The number of carbonyl (C=O) groups excluding carboxylic acids is 2. The van der Waals surface area contributed by atoms with Gasteiger partial charge in [0.05, 0.1) is 13.2 Å². The standard InChI is InChI=1S/C20H25N3O3/c24-19(21-9-10-23-11-13-26-14-12-23)7-8-22-20(25)18-6-5-16-3-1-2-4-17(16)15-18/h1-6,15H,7-14H2,(H,21,24)(H,22,25). The minimum atomic E-state index is -0.156. The molecule has 1 aliphatic heterocycles. The topological polar surface area (TPSA) is 70.7 Å². The minimum Gasteiger partial charge on any atom is -0.379 e. The average Bonchev–Trinajstić information content (AvgIpc) is 2.68. The largest absolute Gasteiger partial charge is 0.379 e. The van der Waals surface area contributed by atoms with Crippen molar-refractivity contribution < 1.29 is 14.3 Å². The lowest BCUT2D eigenvalue weighted by molar-refractivity contribution is -0.121. The van der Waals surface area contributed by atoms with Gasteiger partial charge in [-0.05, 0) is 22.9 Å². The van der Waals surface area contributed by atoms with Gasteiger partial charge in [-0.25, -0.2) is 0 Å². The predicted molar refractivity (Wildman–Crippen MR) is 101 cm³/mol. The average molecular weight is 355 g/mol. The summed E-state index contributed by atoms with van der Waals surface area (Å²) >= 11 is 0. The van der Waals surface area contributed by atoms with Crippen LogP contribution in [0.5, 0.6) is 0 Å². The molecule has 0 atom stereocenters. The number of rotatable bonds is 7. The number of amides is 2. The number of benzene rings is 2. The van der Waals surface area contributed by atoms with Crippen LogP contribution in [0.2, 0.25) is 0 Å². The zero-order valence-electron chi connectivity index (χ0n) is 14.9. The number of morpholine rings is 1. The van der Waals surface area contributed by atoms with Crippen LogP contribution in [0.25, 0.3) is 10.8 Å². The van der Waals surface area contributed by atoms with Crippen molar-refractivity contribution in [2.75, 3.05) is 45.9 Å². The summed E-state index contributed by atoms with van der Waals surface area (Å²) in [6.45, 7) is 5.13. The third kappa shape index (κ3) is 5.28. The predicted octanol–water partition coefficient (Wildman–Crippen LogP) is 1.41. The molecule has 0 radical (unpaired) electrons. The highest BCUT2D eigenvalue weighted by atomic mass is 16.5. The number of hydrogen-bond donors (Lipinski definition) is 2. The number of carbonyl (C=O) groups is 2. The van der Waals surface area contributed by atoms with Gasteiger partial charge < -0.3 is 15.4 Å². The number of fused-ring (bicyclic) bond motifs is 1. The van der Waals surface area contributed by atoms with Crippen molar-refractivity contribution in [1.82, 2.24) is 15.5 Å². The molecule has 1 fully saturated rings. The highest BCUT2D eigenvalue weighted by Crippen LogP contribution is 2.15. The molecule has 26 heavy (non-hydrogen) atoms. The Bertz CT molecular complexity index is 757. The molecule has 6 nitrogen and oxygen atoms in total. The Labute approximate surface area is 153 Å². The number of ether oxygens (including phenoxy) is 1. The van der Waals surface area contributed by atoms with Crippen LogP contribution >= 0.6 is 0 Å². The zero-order chi connectivity index (χ0) is 18.2. The van der Waals surface area contributed by atoms with Gasteiger partial charge in [0, 0.05) is 44.7 Å². The summed E-state index contributed by atoms with van der Waals surface area (Å²) in [6, 6.07) is 13.5. The van der Waals surface area contributed by atoms with Crippen LogP contribution in [-0.4, -0.2) is 62.7 Å². The Morgan fingerprint density at radius 2 is 1.73 bits per heavy atom. The fourth-order valence-electron chi connectivity index (χ4n) is 2.99. The maximum atomic E-state index is 12.2. The van der Waals surface area contributed by atoms with E-state index in [0.29, 0.717) is 18.7 Å². The molecule has 0 aromatic heterocycles. The van der Waals surface area contributed by atoms with Crippen LogP contribution in [0.4, 0.5) is 0 Å². The third-order valence-corrected chi connectivity index (χ3v) is 4.50. The molecule has 0 bridgehead atoms. The van der Waals surface area contributed by atoms with Crippen LogP contribution in [-0.2, 0) is 9.53 Å². The minimum absolute atomic E-state index is 0.0444. The third-order valence-electron chi connectivity index (χ3n) is 4.50. The SMILES string of the molecule is O=C(CCNC(=O)c1ccc2ccccc2c1)NCCN1CCOCC1. The van der Waals surface area contributed by atoms with Crippen LogP contribution in [0, 0.1) is 0 Å². The molecular formula is C20H25N3O3. The van der Waals surface area contributed by atoms with Gasteiger partial charge in [-0.3, -0.25) is 14.5 Å². The van der Waals surface area contributed by atoms with Crippen LogP contribution in [0.3, 0.4) is 0 Å². The highest BCUT2D eigenvalue weighted by molar-refractivity contribution is 5.98. The van der Waals surface area contributed by atoms with E-state index in [1.165, 1.54) is 0 Å². The van der Waals surface area contributed by atoms with Crippen LogP contribution in [0.1, 0.15) is 16.8 Å². The van der Waals surface area contributed by atoms with Crippen molar-refractivity contribution in [3.05, 3.63) is 48.0 Å². The van der Waals surface area contributed by atoms with Crippen molar-refractivity contribution >= 4 is 22.6 Å². The summed E-state index contributed by atoms with van der Waals surface area (Å²) in [7, 11) is 0. The van der Waals surface area contributed by atoms with E-state index in [-0.39, 0.29) is 18.2 Å². The van der Waals surface area contributed by atoms with Gasteiger partial charge in [-0.2, -0.15) is 0 Å². The quantitative estimate of drug-likeness (QED) is 0.788. The van der Waals surface area contributed by atoms with E-state index in [9.17, 15) is 9.59 Å². The summed E-state index contributed by atoms with van der Waals surface area (Å²) < 4.78 is 5.29. The second-order valence-electron chi connectivity index (χ2n) is 6.37. The highest BCUT2D eigenvalue weighted by Gasteiger charge is 2.11. The van der Waals surface area contributed by atoms with Gasteiger partial charge in [0.2, 0.25) is 5.91 Å². The Morgan fingerprint density at radius 1 is 0.962 bits per heavy atom. The molecule has 2 amide bonds. The zero-order valence-corrected chi connectivity index (χ0v) is 14.9. The summed E-state index contributed by atoms with van der Waals surface area (Å²) in [4.78, 5) is 26.4. The van der Waals surface area contributed by atoms with E-state index < -0.39 is 0 Å². The normalized spacial score (nSPS) is 14.9. The molecule has 2 aromatic rings. The number of hydrogen-bond acceptors (Lipinski definition) is 4. The summed E-state index contributed by atoms with van der Waals surface area (Å²) in [6.07, 6.45) is 0.280. The molecule has 2 aromatic carbocycles. The van der Waals surface area contributed by atoms with E-state index in [1.54, 1.807) is 6.07 Å². The Balaban J connectivity index is 1.36. The van der Waals surface area contributed by atoms with Crippen molar-refractivity contribution in [1.29, 1.82) is 0 Å². The summed E-state index contributed by atoms with van der Waals surface area (Å²) in [5.41, 5.74) is 0.608. The molecule has 1 heterocycles. The Kier molecular flexibility index (Phi) is 6.57. The van der Waals surface area contributed by atoms with E-state index in [0.717, 1.165) is 43.6 Å². The van der Waals surface area contributed by atoms with Crippen molar-refractivity contribution in [2.24, 2.45) is 0 Å².